The number of carbonyl (C=O) groups is 1. The fourth-order valence-corrected chi connectivity index (χ4v) is 3.21. The van der Waals surface area contributed by atoms with E-state index >= 15 is 0 Å². The van der Waals surface area contributed by atoms with Gasteiger partial charge in [-0.15, -0.1) is 22.7 Å². The third-order valence-corrected chi connectivity index (χ3v) is 4.34. The maximum absolute atomic E-state index is 12.0. The molecule has 2 aromatic rings. The van der Waals surface area contributed by atoms with E-state index in [-0.39, 0.29) is 5.78 Å². The number of rotatable bonds is 5. The fourth-order valence-electron chi connectivity index (χ4n) is 1.63. The van der Waals surface area contributed by atoms with Crippen molar-refractivity contribution in [1.82, 2.24) is 4.90 Å². The average Bonchev–Trinajstić information content (AvgIpc) is 2.89. The Morgan fingerprint density at radius 3 is 2.76 bits per heavy atom. The van der Waals surface area contributed by atoms with E-state index in [1.54, 1.807) is 22.7 Å². The second kappa shape index (κ2) is 5.58. The first-order valence-corrected chi connectivity index (χ1v) is 7.15. The summed E-state index contributed by atoms with van der Waals surface area (Å²) in [5.74, 6) is 0.210. The van der Waals surface area contributed by atoms with Gasteiger partial charge in [-0.3, -0.25) is 9.69 Å². The van der Waals surface area contributed by atoms with E-state index in [0.29, 0.717) is 6.54 Å². The fraction of sp³-hybridized carbons (Fsp3) is 0.308. The zero-order valence-electron chi connectivity index (χ0n) is 9.97. The lowest BCUT2D eigenvalue weighted by Gasteiger charge is -2.13. The molecule has 0 aromatic carbocycles. The number of carbonyl (C=O) groups excluding carboxylic acids is 1. The predicted molar refractivity (Wildman–Crippen MR) is 74.0 cm³/mol. The van der Waals surface area contributed by atoms with Gasteiger partial charge in [-0.25, -0.2) is 0 Å². The molecule has 0 aliphatic carbocycles. The minimum atomic E-state index is 0.210. The van der Waals surface area contributed by atoms with Crippen LogP contribution in [0.5, 0.6) is 0 Å². The highest BCUT2D eigenvalue weighted by atomic mass is 32.1. The first-order chi connectivity index (χ1) is 8.15. The molecule has 0 spiro atoms. The van der Waals surface area contributed by atoms with Crippen LogP contribution in [0.2, 0.25) is 0 Å². The van der Waals surface area contributed by atoms with Crippen LogP contribution in [0.25, 0.3) is 0 Å². The second-order valence-corrected chi connectivity index (χ2v) is 6.41. The molecule has 0 saturated carbocycles. The van der Waals surface area contributed by atoms with Crippen molar-refractivity contribution in [2.75, 3.05) is 13.6 Å². The molecular weight excluding hydrogens is 250 g/mol. The quantitative estimate of drug-likeness (QED) is 0.772. The number of Topliss-reactive ketones (excluding diaryl/α,β-unsaturated/α-hetero) is 1. The number of hydrogen-bond donors (Lipinski definition) is 0. The Bertz CT molecular complexity index is 487. The Kier molecular flexibility index (Phi) is 4.10. The van der Waals surface area contributed by atoms with Gasteiger partial charge < -0.3 is 0 Å². The predicted octanol–water partition coefficient (Wildman–Crippen LogP) is 3.43. The van der Waals surface area contributed by atoms with Crippen molar-refractivity contribution < 1.29 is 4.79 Å². The average molecular weight is 265 g/mol. The highest BCUT2D eigenvalue weighted by Crippen LogP contribution is 2.16. The van der Waals surface area contributed by atoms with Crippen LogP contribution in [0.4, 0.5) is 0 Å². The number of aryl methyl sites for hydroxylation is 1. The lowest BCUT2D eigenvalue weighted by Crippen LogP contribution is -2.24. The summed E-state index contributed by atoms with van der Waals surface area (Å²) in [5, 5.41) is 2.06. The topological polar surface area (TPSA) is 20.3 Å². The zero-order chi connectivity index (χ0) is 12.3. The maximum atomic E-state index is 12.0. The first-order valence-electron chi connectivity index (χ1n) is 5.46. The van der Waals surface area contributed by atoms with Gasteiger partial charge in [0.1, 0.15) is 0 Å². The Labute approximate surface area is 110 Å². The van der Waals surface area contributed by atoms with E-state index in [1.165, 1.54) is 9.75 Å². The van der Waals surface area contributed by atoms with Gasteiger partial charge in [0.15, 0.2) is 5.78 Å². The van der Waals surface area contributed by atoms with Gasteiger partial charge in [-0.05, 0) is 37.6 Å². The minimum absolute atomic E-state index is 0.210. The number of nitrogens with zero attached hydrogens (tertiary/aromatic N) is 1. The molecule has 0 unspecified atom stereocenters. The third kappa shape index (κ3) is 3.49. The van der Waals surface area contributed by atoms with Gasteiger partial charge in [0.05, 0.1) is 11.4 Å². The molecular formula is C13H15NOS2. The molecule has 2 aromatic heterocycles. The number of hydrogen-bond acceptors (Lipinski definition) is 4. The third-order valence-electron chi connectivity index (χ3n) is 2.43. The van der Waals surface area contributed by atoms with Crippen molar-refractivity contribution in [3.8, 4) is 0 Å². The van der Waals surface area contributed by atoms with Gasteiger partial charge in [-0.2, -0.15) is 0 Å². The van der Waals surface area contributed by atoms with Crippen LogP contribution < -0.4 is 0 Å². The van der Waals surface area contributed by atoms with E-state index in [1.807, 2.05) is 32.2 Å². The molecule has 0 amide bonds. The molecule has 0 aliphatic heterocycles. The molecule has 2 rings (SSSR count). The van der Waals surface area contributed by atoms with E-state index in [4.69, 9.17) is 0 Å². The van der Waals surface area contributed by atoms with Crippen LogP contribution in [0.1, 0.15) is 19.4 Å². The number of likely N-dealkylation sites (N-methyl/N-ethyl adjacent to an activating group) is 1. The second-order valence-electron chi connectivity index (χ2n) is 4.09. The van der Waals surface area contributed by atoms with E-state index in [0.717, 1.165) is 11.4 Å². The van der Waals surface area contributed by atoms with Gasteiger partial charge in [-0.1, -0.05) is 6.07 Å². The zero-order valence-corrected chi connectivity index (χ0v) is 11.6. The van der Waals surface area contributed by atoms with Crippen LogP contribution >= 0.6 is 22.7 Å². The molecule has 0 N–H and O–H groups in total. The Balaban J connectivity index is 1.90. The highest BCUT2D eigenvalue weighted by Gasteiger charge is 2.11. The molecule has 90 valence electrons. The van der Waals surface area contributed by atoms with Crippen molar-refractivity contribution in [2.45, 2.75) is 13.5 Å². The minimum Gasteiger partial charge on any atom is -0.294 e. The molecule has 0 saturated heterocycles. The van der Waals surface area contributed by atoms with Gasteiger partial charge in [0, 0.05) is 16.3 Å². The van der Waals surface area contributed by atoms with Crippen molar-refractivity contribution in [2.24, 2.45) is 0 Å². The Morgan fingerprint density at radius 2 is 2.18 bits per heavy atom. The van der Waals surface area contributed by atoms with Crippen LogP contribution in [-0.4, -0.2) is 24.3 Å². The van der Waals surface area contributed by atoms with Crippen LogP contribution in [0, 0.1) is 6.92 Å². The molecule has 0 radical (unpaired) electrons. The van der Waals surface area contributed by atoms with Crippen LogP contribution in [0.15, 0.2) is 29.6 Å². The summed E-state index contributed by atoms with van der Waals surface area (Å²) in [6.45, 7) is 3.35. The maximum Gasteiger partial charge on any atom is 0.186 e. The van der Waals surface area contributed by atoms with Crippen molar-refractivity contribution in [3.05, 3.63) is 44.3 Å². The molecule has 0 bridgehead atoms. The molecule has 17 heavy (non-hydrogen) atoms. The van der Waals surface area contributed by atoms with Gasteiger partial charge >= 0.3 is 0 Å². The molecule has 2 nitrogen and oxygen atoms in total. The highest BCUT2D eigenvalue weighted by molar-refractivity contribution is 7.14. The molecule has 0 aliphatic rings. The monoisotopic (exact) mass is 265 g/mol. The summed E-state index contributed by atoms with van der Waals surface area (Å²) in [5.41, 5.74) is 0. The summed E-state index contributed by atoms with van der Waals surface area (Å²) in [6.07, 6.45) is 0. The first kappa shape index (κ1) is 12.5. The van der Waals surface area contributed by atoms with Crippen molar-refractivity contribution >= 4 is 28.5 Å². The lowest BCUT2D eigenvalue weighted by atomic mass is 10.3. The molecule has 4 heteroatoms. The Hall–Kier alpha value is -0.970. The van der Waals surface area contributed by atoms with Gasteiger partial charge in [0.2, 0.25) is 0 Å². The summed E-state index contributed by atoms with van der Waals surface area (Å²) < 4.78 is 0. The number of thiophene rings is 2. The molecule has 0 fully saturated rings. The standard InChI is InChI=1S/C13H15NOS2/c1-10-5-6-13(17-10)12(15)9-14(2)8-11-4-3-7-16-11/h3-7H,8-9H2,1-2H3. The SMILES string of the molecule is Cc1ccc(C(=O)CN(C)Cc2cccs2)s1. The summed E-state index contributed by atoms with van der Waals surface area (Å²) >= 11 is 3.30. The summed E-state index contributed by atoms with van der Waals surface area (Å²) in [4.78, 5) is 17.4. The molecule has 2 heterocycles. The smallest absolute Gasteiger partial charge is 0.186 e. The normalized spacial score (nSPS) is 11.0. The van der Waals surface area contributed by atoms with Crippen molar-refractivity contribution in [3.63, 3.8) is 0 Å². The van der Waals surface area contributed by atoms with Crippen LogP contribution in [0.3, 0.4) is 0 Å². The van der Waals surface area contributed by atoms with Crippen LogP contribution in [-0.2, 0) is 6.54 Å². The van der Waals surface area contributed by atoms with E-state index < -0.39 is 0 Å². The lowest BCUT2D eigenvalue weighted by molar-refractivity contribution is 0.0947. The summed E-state index contributed by atoms with van der Waals surface area (Å²) in [6, 6.07) is 8.05. The van der Waals surface area contributed by atoms with E-state index in [2.05, 4.69) is 16.3 Å². The summed E-state index contributed by atoms with van der Waals surface area (Å²) in [7, 11) is 1.98. The molecule has 0 atom stereocenters. The number of ketones is 1. The van der Waals surface area contributed by atoms with Gasteiger partial charge in [0.25, 0.3) is 0 Å². The largest absolute Gasteiger partial charge is 0.294 e. The Morgan fingerprint density at radius 1 is 1.35 bits per heavy atom. The van der Waals surface area contributed by atoms with Crippen molar-refractivity contribution in [1.29, 1.82) is 0 Å². The van der Waals surface area contributed by atoms with E-state index in [9.17, 15) is 4.79 Å².